The summed E-state index contributed by atoms with van der Waals surface area (Å²) < 4.78 is 0. The van der Waals surface area contributed by atoms with E-state index in [1.165, 1.54) is 0 Å². The normalized spacial score (nSPS) is 17.2. The monoisotopic (exact) mass is 342 g/mol. The van der Waals surface area contributed by atoms with Gasteiger partial charge in [0.1, 0.15) is 0 Å². The van der Waals surface area contributed by atoms with E-state index in [0.29, 0.717) is 17.3 Å². The van der Waals surface area contributed by atoms with Crippen LogP contribution in [0.5, 0.6) is 0 Å². The summed E-state index contributed by atoms with van der Waals surface area (Å²) in [6.07, 6.45) is 0.222. The average molecular weight is 343 g/mol. The highest BCUT2D eigenvalue weighted by Crippen LogP contribution is 2.27. The van der Waals surface area contributed by atoms with Crippen LogP contribution in [-0.2, 0) is 9.59 Å². The van der Waals surface area contributed by atoms with Crippen molar-refractivity contribution in [3.63, 3.8) is 0 Å². The third-order valence-electron chi connectivity index (χ3n) is 4.30. The van der Waals surface area contributed by atoms with Gasteiger partial charge in [0.25, 0.3) is 0 Å². The summed E-state index contributed by atoms with van der Waals surface area (Å²) in [5.41, 5.74) is 3.59. The lowest BCUT2D eigenvalue weighted by Crippen LogP contribution is -2.28. The molecule has 1 N–H and O–H groups in total. The number of halogens is 1. The second-order valence-electron chi connectivity index (χ2n) is 6.19. The predicted octanol–water partition coefficient (Wildman–Crippen LogP) is 3.95. The van der Waals surface area contributed by atoms with Crippen LogP contribution in [0.25, 0.3) is 0 Å². The molecule has 124 valence electrons. The SMILES string of the molecule is Cc1ccc(N2C[C@@H](C(=O)Nc3cc(Cl)ccc3C)CC2=O)cc1. The Kier molecular flexibility index (Phi) is 4.58. The number of anilines is 2. The third kappa shape index (κ3) is 3.44. The summed E-state index contributed by atoms with van der Waals surface area (Å²) in [4.78, 5) is 26.5. The van der Waals surface area contributed by atoms with Crippen molar-refractivity contribution < 1.29 is 9.59 Å². The van der Waals surface area contributed by atoms with Crippen molar-refractivity contribution in [2.24, 2.45) is 5.92 Å². The van der Waals surface area contributed by atoms with Crippen molar-refractivity contribution in [1.29, 1.82) is 0 Å². The number of aryl methyl sites for hydroxylation is 2. The molecule has 1 fully saturated rings. The first-order chi connectivity index (χ1) is 11.4. The molecule has 0 aromatic heterocycles. The molecule has 2 aromatic carbocycles. The molecule has 1 aliphatic heterocycles. The van der Waals surface area contributed by atoms with Gasteiger partial charge in [-0.25, -0.2) is 0 Å². The van der Waals surface area contributed by atoms with Crippen molar-refractivity contribution in [2.45, 2.75) is 20.3 Å². The summed E-state index contributed by atoms with van der Waals surface area (Å²) >= 11 is 5.99. The highest BCUT2D eigenvalue weighted by molar-refractivity contribution is 6.31. The van der Waals surface area contributed by atoms with E-state index in [1.54, 1.807) is 17.0 Å². The Hall–Kier alpha value is -2.33. The number of benzene rings is 2. The topological polar surface area (TPSA) is 49.4 Å². The van der Waals surface area contributed by atoms with Gasteiger partial charge in [0, 0.05) is 29.4 Å². The molecule has 0 spiro atoms. The van der Waals surface area contributed by atoms with E-state index in [4.69, 9.17) is 11.6 Å². The lowest BCUT2D eigenvalue weighted by atomic mass is 10.1. The zero-order valence-corrected chi connectivity index (χ0v) is 14.4. The second kappa shape index (κ2) is 6.65. The Morgan fingerprint density at radius 3 is 2.58 bits per heavy atom. The quantitative estimate of drug-likeness (QED) is 0.918. The second-order valence-corrected chi connectivity index (χ2v) is 6.63. The smallest absolute Gasteiger partial charge is 0.229 e. The molecule has 2 amide bonds. The van der Waals surface area contributed by atoms with E-state index >= 15 is 0 Å². The molecule has 5 heteroatoms. The van der Waals surface area contributed by atoms with Crippen LogP contribution in [0.1, 0.15) is 17.5 Å². The Balaban J connectivity index is 1.72. The number of rotatable bonds is 3. The maximum Gasteiger partial charge on any atom is 0.229 e. The number of amides is 2. The van der Waals surface area contributed by atoms with E-state index in [9.17, 15) is 9.59 Å². The minimum absolute atomic E-state index is 0.0261. The first kappa shape index (κ1) is 16.5. The first-order valence-corrected chi connectivity index (χ1v) is 8.26. The van der Waals surface area contributed by atoms with Gasteiger partial charge in [0.2, 0.25) is 11.8 Å². The number of carbonyl (C=O) groups excluding carboxylic acids is 2. The highest BCUT2D eigenvalue weighted by atomic mass is 35.5. The fourth-order valence-electron chi connectivity index (χ4n) is 2.82. The van der Waals surface area contributed by atoms with Crippen molar-refractivity contribution in [3.05, 3.63) is 58.6 Å². The van der Waals surface area contributed by atoms with Gasteiger partial charge in [-0.05, 0) is 43.7 Å². The van der Waals surface area contributed by atoms with Gasteiger partial charge >= 0.3 is 0 Å². The third-order valence-corrected chi connectivity index (χ3v) is 4.53. The fraction of sp³-hybridized carbons (Fsp3) is 0.263. The highest BCUT2D eigenvalue weighted by Gasteiger charge is 2.35. The molecule has 1 saturated heterocycles. The molecule has 2 aromatic rings. The number of nitrogens with one attached hydrogen (secondary N) is 1. The summed E-state index contributed by atoms with van der Waals surface area (Å²) in [7, 11) is 0. The molecule has 0 aliphatic carbocycles. The maximum atomic E-state index is 12.5. The lowest BCUT2D eigenvalue weighted by Gasteiger charge is -2.17. The van der Waals surface area contributed by atoms with Crippen LogP contribution in [-0.4, -0.2) is 18.4 Å². The molecular weight excluding hydrogens is 324 g/mol. The Morgan fingerprint density at radius 2 is 1.88 bits per heavy atom. The predicted molar refractivity (Wildman–Crippen MR) is 96.5 cm³/mol. The summed E-state index contributed by atoms with van der Waals surface area (Å²) in [5, 5.41) is 3.46. The molecule has 1 atom stereocenters. The Bertz CT molecular complexity index is 786. The molecule has 1 heterocycles. The number of hydrogen-bond donors (Lipinski definition) is 1. The number of carbonyl (C=O) groups is 2. The molecule has 24 heavy (non-hydrogen) atoms. The van der Waals surface area contributed by atoms with Gasteiger partial charge in [0.15, 0.2) is 0 Å². The van der Waals surface area contributed by atoms with Crippen molar-refractivity contribution in [1.82, 2.24) is 0 Å². The van der Waals surface area contributed by atoms with Crippen LogP contribution >= 0.6 is 11.6 Å². The van der Waals surface area contributed by atoms with Gasteiger partial charge in [-0.3, -0.25) is 9.59 Å². The van der Waals surface area contributed by atoms with Gasteiger partial charge in [-0.1, -0.05) is 35.4 Å². The van der Waals surface area contributed by atoms with Gasteiger partial charge in [-0.15, -0.1) is 0 Å². The minimum Gasteiger partial charge on any atom is -0.325 e. The Labute approximate surface area is 146 Å². The summed E-state index contributed by atoms with van der Waals surface area (Å²) in [6, 6.07) is 13.1. The summed E-state index contributed by atoms with van der Waals surface area (Å²) in [6.45, 7) is 4.30. The van der Waals surface area contributed by atoms with E-state index in [-0.39, 0.29) is 24.2 Å². The molecule has 0 bridgehead atoms. The fourth-order valence-corrected chi connectivity index (χ4v) is 2.99. The van der Waals surface area contributed by atoms with E-state index in [2.05, 4.69) is 5.32 Å². The van der Waals surface area contributed by atoms with Crippen LogP contribution in [0.2, 0.25) is 5.02 Å². The van der Waals surface area contributed by atoms with Crippen LogP contribution in [0.4, 0.5) is 11.4 Å². The minimum atomic E-state index is -0.364. The molecule has 4 nitrogen and oxygen atoms in total. The first-order valence-electron chi connectivity index (χ1n) is 7.88. The van der Waals surface area contributed by atoms with E-state index in [0.717, 1.165) is 16.8 Å². The zero-order chi connectivity index (χ0) is 17.3. The Morgan fingerprint density at radius 1 is 1.17 bits per heavy atom. The van der Waals surface area contributed by atoms with Gasteiger partial charge in [-0.2, -0.15) is 0 Å². The van der Waals surface area contributed by atoms with E-state index in [1.807, 2.05) is 44.2 Å². The standard InChI is InChI=1S/C19H19ClN2O2/c1-12-3-7-16(8-4-12)22-11-14(9-18(22)23)19(24)21-17-10-15(20)6-5-13(17)2/h3-8,10,14H,9,11H2,1-2H3,(H,21,24)/t14-/m0/s1. The van der Waals surface area contributed by atoms with Crippen LogP contribution in [0.15, 0.2) is 42.5 Å². The largest absolute Gasteiger partial charge is 0.325 e. The number of hydrogen-bond acceptors (Lipinski definition) is 2. The molecule has 1 aliphatic rings. The van der Waals surface area contributed by atoms with Crippen LogP contribution in [0.3, 0.4) is 0 Å². The van der Waals surface area contributed by atoms with Gasteiger partial charge < -0.3 is 10.2 Å². The van der Waals surface area contributed by atoms with Crippen molar-refractivity contribution >= 4 is 34.8 Å². The van der Waals surface area contributed by atoms with Crippen LogP contribution in [0, 0.1) is 19.8 Å². The molecular formula is C19H19ClN2O2. The maximum absolute atomic E-state index is 12.5. The zero-order valence-electron chi connectivity index (χ0n) is 13.7. The number of nitrogens with zero attached hydrogens (tertiary/aromatic N) is 1. The average Bonchev–Trinajstić information content (AvgIpc) is 2.94. The van der Waals surface area contributed by atoms with Gasteiger partial charge in [0.05, 0.1) is 5.92 Å². The lowest BCUT2D eigenvalue weighted by molar-refractivity contribution is -0.122. The van der Waals surface area contributed by atoms with Crippen molar-refractivity contribution in [2.75, 3.05) is 16.8 Å². The molecule has 0 unspecified atom stereocenters. The van der Waals surface area contributed by atoms with Crippen LogP contribution < -0.4 is 10.2 Å². The van der Waals surface area contributed by atoms with Crippen molar-refractivity contribution in [3.8, 4) is 0 Å². The summed E-state index contributed by atoms with van der Waals surface area (Å²) in [5.74, 6) is -0.540. The molecule has 3 rings (SSSR count). The molecule has 0 saturated carbocycles. The molecule has 0 radical (unpaired) electrons. The van der Waals surface area contributed by atoms with E-state index < -0.39 is 0 Å².